The topological polar surface area (TPSA) is 131 Å². The summed E-state index contributed by atoms with van der Waals surface area (Å²) in [6.07, 6.45) is 60.8. The molecule has 0 aromatic carbocycles. The van der Waals surface area contributed by atoms with E-state index in [1.165, 1.54) is 199 Å². The van der Waals surface area contributed by atoms with Crippen LogP contribution < -0.4 is 11.1 Å². The summed E-state index contributed by atoms with van der Waals surface area (Å²) < 4.78 is 22.2. The van der Waals surface area contributed by atoms with Gasteiger partial charge >= 0.3 is 7.82 Å². The Kier molecular flexibility index (Phi) is 48.1. The van der Waals surface area contributed by atoms with E-state index in [1.807, 2.05) is 6.08 Å². The van der Waals surface area contributed by atoms with E-state index in [4.69, 9.17) is 14.8 Å². The number of phosphoric ester groups is 1. The Morgan fingerprint density at radius 1 is 0.516 bits per heavy atom. The Hall–Kier alpha value is -1.28. The number of phosphoric acid groups is 1. The fourth-order valence-electron chi connectivity index (χ4n) is 7.93. The fourth-order valence-corrected chi connectivity index (χ4v) is 8.69. The van der Waals surface area contributed by atoms with E-state index in [0.29, 0.717) is 6.42 Å². The highest BCUT2D eigenvalue weighted by atomic mass is 31.2. The van der Waals surface area contributed by atoms with Gasteiger partial charge in [-0.3, -0.25) is 13.8 Å². The van der Waals surface area contributed by atoms with Crippen molar-refractivity contribution in [2.75, 3.05) is 19.8 Å². The summed E-state index contributed by atoms with van der Waals surface area (Å²) in [5.41, 5.74) is 5.39. The molecule has 0 radical (unpaired) electrons. The van der Waals surface area contributed by atoms with Gasteiger partial charge in [0, 0.05) is 13.0 Å². The third kappa shape index (κ3) is 46.7. The number of rotatable bonds is 50. The minimum absolute atomic E-state index is 0.0730. The van der Waals surface area contributed by atoms with Crippen molar-refractivity contribution in [2.24, 2.45) is 5.73 Å². The molecular formula is C53H103N2O6P. The Balaban J connectivity index is 4.12. The zero-order valence-electron chi connectivity index (χ0n) is 40.9. The lowest BCUT2D eigenvalue weighted by atomic mass is 10.0. The predicted molar refractivity (Wildman–Crippen MR) is 268 cm³/mol. The minimum atomic E-state index is -4.36. The molecule has 3 unspecified atom stereocenters. The maximum atomic E-state index is 12.8. The van der Waals surface area contributed by atoms with Crippen molar-refractivity contribution in [1.29, 1.82) is 0 Å². The molecule has 62 heavy (non-hydrogen) atoms. The molecule has 0 aliphatic carbocycles. The van der Waals surface area contributed by atoms with Gasteiger partial charge in [-0.2, -0.15) is 0 Å². The van der Waals surface area contributed by atoms with Crippen molar-refractivity contribution in [3.05, 3.63) is 36.5 Å². The molecule has 9 heteroatoms. The number of nitrogens with two attached hydrogens (primary N) is 1. The molecule has 0 saturated carbocycles. The first-order valence-electron chi connectivity index (χ1n) is 26.6. The number of allylic oxidation sites excluding steroid dienone is 5. The van der Waals surface area contributed by atoms with Crippen LogP contribution in [0.2, 0.25) is 0 Å². The standard InChI is InChI=1S/C53H103N2O6P/c1-3-5-7-9-11-13-15-17-19-21-23-25-27-29-31-33-35-37-39-41-43-45-47-53(57)55-51(50-61-62(58,59)60-49-48-54)52(56)46-44-42-40-38-36-34-32-30-28-26-24-22-20-18-16-14-12-10-8-6-4-2/h28,30,36,38,44,46,51-52,56H,3-27,29,31-35,37,39-43,45,47-50,54H2,1-2H3,(H,55,57)(H,58,59)/b30-28+,38-36+,46-44+. The summed E-state index contributed by atoms with van der Waals surface area (Å²) in [7, 11) is -4.36. The number of carbonyl (C=O) groups excluding carboxylic acids is 1. The number of nitrogens with one attached hydrogen (secondary N) is 1. The Labute approximate surface area is 384 Å². The van der Waals surface area contributed by atoms with E-state index >= 15 is 0 Å². The third-order valence-corrected chi connectivity index (χ3v) is 12.9. The van der Waals surface area contributed by atoms with Gasteiger partial charge in [0.25, 0.3) is 0 Å². The molecule has 0 rings (SSSR count). The van der Waals surface area contributed by atoms with Gasteiger partial charge < -0.3 is 21.1 Å². The van der Waals surface area contributed by atoms with E-state index in [1.54, 1.807) is 6.08 Å². The molecule has 0 spiro atoms. The quantitative estimate of drug-likeness (QED) is 0.0272. The van der Waals surface area contributed by atoms with Gasteiger partial charge in [0.1, 0.15) is 0 Å². The highest BCUT2D eigenvalue weighted by Crippen LogP contribution is 2.43. The SMILES string of the molecule is CCCCCCCCCCCCC/C=C/CC/C=C/CC/C=C/C(O)C(COP(=O)(O)OCCN)NC(=O)CCCCCCCCCCCCCCCCCCCCCCCC. The average Bonchev–Trinajstić information content (AvgIpc) is 3.26. The van der Waals surface area contributed by atoms with Crippen LogP contribution in [0.3, 0.4) is 0 Å². The molecule has 1 amide bonds. The van der Waals surface area contributed by atoms with Crippen molar-refractivity contribution < 1.29 is 28.4 Å². The minimum Gasteiger partial charge on any atom is -0.387 e. The Morgan fingerprint density at radius 3 is 1.24 bits per heavy atom. The van der Waals surface area contributed by atoms with Crippen LogP contribution in [0.4, 0.5) is 0 Å². The summed E-state index contributed by atoms with van der Waals surface area (Å²) in [4.78, 5) is 22.8. The van der Waals surface area contributed by atoms with Crippen LogP contribution >= 0.6 is 7.82 Å². The average molecular weight is 895 g/mol. The lowest BCUT2D eigenvalue weighted by molar-refractivity contribution is -0.123. The van der Waals surface area contributed by atoms with Crippen molar-refractivity contribution in [3.8, 4) is 0 Å². The van der Waals surface area contributed by atoms with Crippen LogP contribution in [0.25, 0.3) is 0 Å². The highest BCUT2D eigenvalue weighted by Gasteiger charge is 2.26. The first-order chi connectivity index (χ1) is 30.4. The van der Waals surface area contributed by atoms with Crippen LogP contribution in [-0.2, 0) is 18.4 Å². The van der Waals surface area contributed by atoms with Crippen molar-refractivity contribution in [2.45, 2.75) is 276 Å². The maximum Gasteiger partial charge on any atom is 0.472 e. The number of aliphatic hydroxyl groups excluding tert-OH is 1. The lowest BCUT2D eigenvalue weighted by Gasteiger charge is -2.23. The number of hydrogen-bond acceptors (Lipinski definition) is 6. The summed E-state index contributed by atoms with van der Waals surface area (Å²) in [6.45, 7) is 4.15. The largest absolute Gasteiger partial charge is 0.472 e. The van der Waals surface area contributed by atoms with Gasteiger partial charge in [-0.15, -0.1) is 0 Å². The van der Waals surface area contributed by atoms with E-state index in [0.717, 1.165) is 44.9 Å². The van der Waals surface area contributed by atoms with E-state index in [9.17, 15) is 19.4 Å². The highest BCUT2D eigenvalue weighted by molar-refractivity contribution is 7.47. The van der Waals surface area contributed by atoms with E-state index in [-0.39, 0.29) is 25.7 Å². The van der Waals surface area contributed by atoms with Crippen LogP contribution in [0, 0.1) is 0 Å². The van der Waals surface area contributed by atoms with Gasteiger partial charge in [-0.05, 0) is 44.9 Å². The van der Waals surface area contributed by atoms with Crippen LogP contribution in [0.1, 0.15) is 264 Å². The Morgan fingerprint density at radius 2 is 0.855 bits per heavy atom. The molecule has 0 heterocycles. The van der Waals surface area contributed by atoms with Gasteiger partial charge in [-0.1, -0.05) is 249 Å². The smallest absolute Gasteiger partial charge is 0.387 e. The molecule has 366 valence electrons. The first-order valence-corrected chi connectivity index (χ1v) is 28.1. The van der Waals surface area contributed by atoms with Crippen LogP contribution in [0.15, 0.2) is 36.5 Å². The van der Waals surface area contributed by atoms with Crippen molar-refractivity contribution in [3.63, 3.8) is 0 Å². The molecule has 0 saturated heterocycles. The van der Waals surface area contributed by atoms with Gasteiger partial charge in [-0.25, -0.2) is 4.57 Å². The molecule has 0 fully saturated rings. The maximum absolute atomic E-state index is 12.8. The molecule has 0 aromatic heterocycles. The first kappa shape index (κ1) is 60.7. The number of unbranched alkanes of at least 4 members (excludes halogenated alkanes) is 34. The molecule has 3 atom stereocenters. The molecule has 0 aliphatic rings. The van der Waals surface area contributed by atoms with Crippen LogP contribution in [0.5, 0.6) is 0 Å². The predicted octanol–water partition coefficient (Wildman–Crippen LogP) is 15.8. The zero-order valence-corrected chi connectivity index (χ0v) is 41.8. The fraction of sp³-hybridized carbons (Fsp3) is 0.868. The Bertz CT molecular complexity index is 1070. The van der Waals surface area contributed by atoms with Gasteiger partial charge in [0.05, 0.1) is 25.4 Å². The second kappa shape index (κ2) is 49.2. The monoisotopic (exact) mass is 895 g/mol. The van der Waals surface area contributed by atoms with E-state index in [2.05, 4.69) is 43.5 Å². The summed E-state index contributed by atoms with van der Waals surface area (Å²) in [5, 5.41) is 13.7. The second-order valence-electron chi connectivity index (χ2n) is 18.1. The second-order valence-corrected chi connectivity index (χ2v) is 19.5. The zero-order chi connectivity index (χ0) is 45.3. The van der Waals surface area contributed by atoms with Crippen LogP contribution in [-0.4, -0.2) is 47.8 Å². The van der Waals surface area contributed by atoms with Gasteiger partial charge in [0.2, 0.25) is 5.91 Å². The number of amides is 1. The molecule has 8 nitrogen and oxygen atoms in total. The van der Waals surface area contributed by atoms with E-state index < -0.39 is 20.0 Å². The van der Waals surface area contributed by atoms with Crippen molar-refractivity contribution in [1.82, 2.24) is 5.32 Å². The van der Waals surface area contributed by atoms with Crippen molar-refractivity contribution >= 4 is 13.7 Å². The summed E-state index contributed by atoms with van der Waals surface area (Å²) >= 11 is 0. The molecule has 0 aromatic rings. The summed E-state index contributed by atoms with van der Waals surface area (Å²) in [5.74, 6) is -0.203. The number of aliphatic hydroxyl groups is 1. The molecular weight excluding hydrogens is 792 g/mol. The molecule has 5 N–H and O–H groups in total. The third-order valence-electron chi connectivity index (χ3n) is 11.9. The normalized spacial score (nSPS) is 14.1. The van der Waals surface area contributed by atoms with Gasteiger partial charge in [0.15, 0.2) is 0 Å². The summed E-state index contributed by atoms with van der Waals surface area (Å²) in [6, 6.07) is -0.882. The number of carbonyl (C=O) groups is 1. The molecule has 0 bridgehead atoms. The lowest BCUT2D eigenvalue weighted by Crippen LogP contribution is -2.45. The number of hydrogen-bond donors (Lipinski definition) is 4. The molecule has 0 aliphatic heterocycles.